The lowest BCUT2D eigenvalue weighted by Crippen LogP contribution is -2.47. The molecule has 1 aliphatic rings. The van der Waals surface area contributed by atoms with Crippen LogP contribution in [0.5, 0.6) is 0 Å². The van der Waals surface area contributed by atoms with Crippen LogP contribution in [0.1, 0.15) is 50.0 Å². The number of likely N-dealkylation sites (tertiary alicyclic amines) is 1. The lowest BCUT2D eigenvalue weighted by molar-refractivity contribution is 0.172. The zero-order chi connectivity index (χ0) is 17.8. The fourth-order valence-electron chi connectivity index (χ4n) is 2.98. The molecule has 1 aromatic heterocycles. The molecule has 0 radical (unpaired) electrons. The van der Waals surface area contributed by atoms with E-state index < -0.39 is 0 Å². The van der Waals surface area contributed by atoms with Gasteiger partial charge in [-0.2, -0.15) is 0 Å². The molecule has 0 bridgehead atoms. The largest absolute Gasteiger partial charge is 0.425 e. The molecule has 134 valence electrons. The number of amides is 2. The second-order valence-electron chi connectivity index (χ2n) is 6.73. The van der Waals surface area contributed by atoms with Gasteiger partial charge < -0.3 is 14.6 Å². The molecular formula is C18H23FN4O2. The average Bonchev–Trinajstić information content (AvgIpc) is 3.05. The molecule has 0 saturated carbocycles. The molecule has 25 heavy (non-hydrogen) atoms. The number of hydrogen-bond donors (Lipinski definition) is 1. The van der Waals surface area contributed by atoms with E-state index >= 15 is 0 Å². The van der Waals surface area contributed by atoms with Gasteiger partial charge in [0.25, 0.3) is 0 Å². The minimum Gasteiger partial charge on any atom is -0.425 e. The van der Waals surface area contributed by atoms with Crippen LogP contribution < -0.4 is 5.32 Å². The summed E-state index contributed by atoms with van der Waals surface area (Å²) in [5, 5.41) is 11.2. The molecular weight excluding hydrogens is 323 g/mol. The molecule has 6 nitrogen and oxygen atoms in total. The zero-order valence-electron chi connectivity index (χ0n) is 14.5. The van der Waals surface area contributed by atoms with E-state index in [1.165, 1.54) is 12.1 Å². The van der Waals surface area contributed by atoms with Crippen LogP contribution in [-0.2, 0) is 6.42 Å². The van der Waals surface area contributed by atoms with Gasteiger partial charge in [0.1, 0.15) is 5.82 Å². The quantitative estimate of drug-likeness (QED) is 0.923. The summed E-state index contributed by atoms with van der Waals surface area (Å²) in [4.78, 5) is 14.0. The number of piperidine rings is 1. The van der Waals surface area contributed by atoms with Gasteiger partial charge in [0.05, 0.1) is 12.3 Å². The van der Waals surface area contributed by atoms with Gasteiger partial charge in [-0.3, -0.25) is 0 Å². The highest BCUT2D eigenvalue weighted by Crippen LogP contribution is 2.26. The molecule has 7 heteroatoms. The Morgan fingerprint density at radius 3 is 2.84 bits per heavy atom. The summed E-state index contributed by atoms with van der Waals surface area (Å²) in [6, 6.07) is 6.30. The maximum atomic E-state index is 13.0. The highest BCUT2D eigenvalue weighted by Gasteiger charge is 2.28. The Labute approximate surface area is 146 Å². The first-order valence-corrected chi connectivity index (χ1v) is 8.63. The van der Waals surface area contributed by atoms with Crippen molar-refractivity contribution in [2.24, 2.45) is 0 Å². The summed E-state index contributed by atoms with van der Waals surface area (Å²) in [7, 11) is 0. The predicted molar refractivity (Wildman–Crippen MR) is 90.7 cm³/mol. The van der Waals surface area contributed by atoms with E-state index in [0.29, 0.717) is 24.7 Å². The smallest absolute Gasteiger partial charge is 0.317 e. The summed E-state index contributed by atoms with van der Waals surface area (Å²) in [6.07, 6.45) is 2.30. The van der Waals surface area contributed by atoms with Crippen LogP contribution in [-0.4, -0.2) is 40.3 Å². The first-order chi connectivity index (χ1) is 12.0. The fraction of sp³-hybridized carbons (Fsp3) is 0.500. The predicted octanol–water partition coefficient (Wildman–Crippen LogP) is 3.10. The number of nitrogens with zero attached hydrogens (tertiary/aromatic N) is 3. The van der Waals surface area contributed by atoms with Crippen LogP contribution in [0, 0.1) is 5.82 Å². The lowest BCUT2D eigenvalue weighted by Gasteiger charge is -2.31. The monoisotopic (exact) mass is 346 g/mol. The van der Waals surface area contributed by atoms with E-state index in [1.54, 1.807) is 17.0 Å². The molecule has 2 amide bonds. The van der Waals surface area contributed by atoms with Crippen LogP contribution >= 0.6 is 0 Å². The Hall–Kier alpha value is -2.44. The second-order valence-corrected chi connectivity index (χ2v) is 6.73. The standard InChI is InChI=1S/C18H23FN4O2/c1-12(2)20-18(24)23-9-3-4-14(11-23)17-22-21-16(25-17)10-13-5-7-15(19)8-6-13/h5-8,12,14H,3-4,9-11H2,1-2H3,(H,20,24). The van der Waals surface area contributed by atoms with Gasteiger partial charge in [0.2, 0.25) is 11.8 Å². The van der Waals surface area contributed by atoms with Crippen molar-refractivity contribution in [3.05, 3.63) is 47.4 Å². The minimum absolute atomic E-state index is 0.0502. The maximum absolute atomic E-state index is 13.0. The zero-order valence-corrected chi connectivity index (χ0v) is 14.5. The van der Waals surface area contributed by atoms with Gasteiger partial charge in [0, 0.05) is 19.1 Å². The van der Waals surface area contributed by atoms with Crippen LogP contribution in [0.15, 0.2) is 28.7 Å². The van der Waals surface area contributed by atoms with Crippen molar-refractivity contribution in [3.63, 3.8) is 0 Å². The number of hydrogen-bond acceptors (Lipinski definition) is 4. The van der Waals surface area contributed by atoms with E-state index in [1.807, 2.05) is 13.8 Å². The van der Waals surface area contributed by atoms with Gasteiger partial charge in [-0.25, -0.2) is 9.18 Å². The average molecular weight is 346 g/mol. The second kappa shape index (κ2) is 7.63. The van der Waals surface area contributed by atoms with Gasteiger partial charge in [0.15, 0.2) is 0 Å². The Morgan fingerprint density at radius 1 is 1.36 bits per heavy atom. The summed E-state index contributed by atoms with van der Waals surface area (Å²) < 4.78 is 18.8. The van der Waals surface area contributed by atoms with Crippen molar-refractivity contribution in [2.45, 2.75) is 45.1 Å². The Balaban J connectivity index is 1.63. The van der Waals surface area contributed by atoms with Crippen LogP contribution in [0.25, 0.3) is 0 Å². The Morgan fingerprint density at radius 2 is 2.12 bits per heavy atom. The van der Waals surface area contributed by atoms with Gasteiger partial charge >= 0.3 is 6.03 Å². The first kappa shape index (κ1) is 17.4. The molecule has 1 atom stereocenters. The van der Waals surface area contributed by atoms with E-state index in [2.05, 4.69) is 15.5 Å². The summed E-state index contributed by atoms with van der Waals surface area (Å²) >= 11 is 0. The summed E-state index contributed by atoms with van der Waals surface area (Å²) in [5.41, 5.74) is 0.915. The number of carbonyl (C=O) groups is 1. The number of aromatic nitrogens is 2. The highest BCUT2D eigenvalue weighted by atomic mass is 19.1. The molecule has 1 saturated heterocycles. The fourth-order valence-corrected chi connectivity index (χ4v) is 2.98. The van der Waals surface area contributed by atoms with Crippen molar-refractivity contribution in [1.82, 2.24) is 20.4 Å². The molecule has 1 N–H and O–H groups in total. The van der Waals surface area contributed by atoms with Crippen molar-refractivity contribution in [2.75, 3.05) is 13.1 Å². The molecule has 1 fully saturated rings. The maximum Gasteiger partial charge on any atom is 0.317 e. The first-order valence-electron chi connectivity index (χ1n) is 8.63. The SMILES string of the molecule is CC(C)NC(=O)N1CCCC(c2nnc(Cc3ccc(F)cc3)o2)C1. The number of nitrogens with one attached hydrogen (secondary N) is 1. The molecule has 3 rings (SSSR count). The van der Waals surface area contributed by atoms with Crippen LogP contribution in [0.2, 0.25) is 0 Å². The van der Waals surface area contributed by atoms with E-state index in [0.717, 1.165) is 24.9 Å². The molecule has 0 aliphatic carbocycles. The van der Waals surface area contributed by atoms with Crippen molar-refractivity contribution < 1.29 is 13.6 Å². The number of urea groups is 1. The van der Waals surface area contributed by atoms with E-state index in [4.69, 9.17) is 4.42 Å². The number of carbonyl (C=O) groups excluding carboxylic acids is 1. The van der Waals surface area contributed by atoms with Gasteiger partial charge in [-0.1, -0.05) is 12.1 Å². The number of benzene rings is 1. The normalized spacial score (nSPS) is 17.8. The van der Waals surface area contributed by atoms with Crippen LogP contribution in [0.3, 0.4) is 0 Å². The third-order valence-corrected chi connectivity index (χ3v) is 4.22. The van der Waals surface area contributed by atoms with E-state index in [9.17, 15) is 9.18 Å². The number of halogens is 1. The Kier molecular flexibility index (Phi) is 5.31. The molecule has 0 spiro atoms. The molecule has 2 aromatic rings. The molecule has 1 aromatic carbocycles. The van der Waals surface area contributed by atoms with E-state index in [-0.39, 0.29) is 23.8 Å². The van der Waals surface area contributed by atoms with Gasteiger partial charge in [-0.05, 0) is 44.4 Å². The van der Waals surface area contributed by atoms with Crippen LogP contribution in [0.4, 0.5) is 9.18 Å². The highest BCUT2D eigenvalue weighted by molar-refractivity contribution is 5.74. The molecule has 2 heterocycles. The lowest BCUT2D eigenvalue weighted by atomic mass is 9.98. The third-order valence-electron chi connectivity index (χ3n) is 4.22. The number of rotatable bonds is 4. The topological polar surface area (TPSA) is 71.3 Å². The van der Waals surface area contributed by atoms with Crippen molar-refractivity contribution >= 4 is 6.03 Å². The summed E-state index contributed by atoms with van der Waals surface area (Å²) in [5.74, 6) is 0.864. The van der Waals surface area contributed by atoms with Gasteiger partial charge in [-0.15, -0.1) is 10.2 Å². The minimum atomic E-state index is -0.267. The summed E-state index contributed by atoms with van der Waals surface area (Å²) in [6.45, 7) is 5.21. The molecule has 1 aliphatic heterocycles. The van der Waals surface area contributed by atoms with Crippen molar-refractivity contribution in [1.29, 1.82) is 0 Å². The third kappa shape index (κ3) is 4.55. The molecule has 1 unspecified atom stereocenters. The Bertz CT molecular complexity index is 714. The van der Waals surface area contributed by atoms with Crippen molar-refractivity contribution in [3.8, 4) is 0 Å².